The predicted molar refractivity (Wildman–Crippen MR) is 85.0 cm³/mol. The summed E-state index contributed by atoms with van der Waals surface area (Å²) in [5.41, 5.74) is 0. The fourth-order valence-electron chi connectivity index (χ4n) is 2.50. The highest BCUT2D eigenvalue weighted by atomic mass is 32.2. The van der Waals surface area contributed by atoms with E-state index in [9.17, 15) is 13.5 Å². The lowest BCUT2D eigenvalue weighted by Crippen LogP contribution is -2.39. The summed E-state index contributed by atoms with van der Waals surface area (Å²) in [4.78, 5) is 0. The van der Waals surface area contributed by atoms with Gasteiger partial charge in [0.15, 0.2) is 0 Å². The van der Waals surface area contributed by atoms with Crippen molar-refractivity contribution in [3.8, 4) is 0 Å². The number of ether oxygens (including phenoxy) is 1. The Morgan fingerprint density at radius 2 is 2.05 bits per heavy atom. The average molecular weight is 319 g/mol. The topological polar surface area (TPSA) is 75.6 Å². The maximum Gasteiger partial charge on any atom is 0.148 e. The highest BCUT2D eigenvalue weighted by Gasteiger charge is 2.19. The Bertz CT molecular complexity index is 421. The third kappa shape index (κ3) is 8.56. The molecule has 124 valence electrons. The van der Waals surface area contributed by atoms with Gasteiger partial charge in [-0.25, -0.2) is 8.42 Å². The van der Waals surface area contributed by atoms with Gasteiger partial charge in [-0.3, -0.25) is 0 Å². The Kier molecular flexibility index (Phi) is 7.87. The second kappa shape index (κ2) is 8.88. The standard InChI is InChI=1S/C15H29NO4S/c1-12-6-4-5-7-14(12)9-20-10-15(17)8-16-13(2)11-21(3,18)19/h4-5,12-17H,6-11H2,1-3H3. The lowest BCUT2D eigenvalue weighted by molar-refractivity contribution is 0.0123. The van der Waals surface area contributed by atoms with Gasteiger partial charge in [0.2, 0.25) is 0 Å². The highest BCUT2D eigenvalue weighted by Crippen LogP contribution is 2.24. The normalized spacial score (nSPS) is 25.7. The molecule has 1 aliphatic rings. The van der Waals surface area contributed by atoms with Gasteiger partial charge in [0.25, 0.3) is 0 Å². The number of nitrogens with one attached hydrogen (secondary N) is 1. The van der Waals surface area contributed by atoms with E-state index in [1.807, 2.05) is 0 Å². The molecule has 4 unspecified atom stereocenters. The summed E-state index contributed by atoms with van der Waals surface area (Å²) in [5.74, 6) is 1.23. The first-order valence-electron chi connectivity index (χ1n) is 7.60. The van der Waals surface area contributed by atoms with Crippen molar-refractivity contribution < 1.29 is 18.3 Å². The zero-order valence-electron chi connectivity index (χ0n) is 13.3. The Morgan fingerprint density at radius 1 is 1.38 bits per heavy atom. The molecule has 2 N–H and O–H groups in total. The van der Waals surface area contributed by atoms with Crippen LogP contribution in [0.1, 0.15) is 26.7 Å². The molecule has 21 heavy (non-hydrogen) atoms. The lowest BCUT2D eigenvalue weighted by Gasteiger charge is -2.25. The van der Waals surface area contributed by atoms with Crippen molar-refractivity contribution in [1.82, 2.24) is 5.32 Å². The quantitative estimate of drug-likeness (QED) is 0.620. The van der Waals surface area contributed by atoms with Crippen molar-refractivity contribution >= 4 is 9.84 Å². The molecule has 0 amide bonds. The molecule has 1 rings (SSSR count). The van der Waals surface area contributed by atoms with Gasteiger partial charge in [-0.15, -0.1) is 0 Å². The molecule has 0 radical (unpaired) electrons. The van der Waals surface area contributed by atoms with E-state index in [2.05, 4.69) is 24.4 Å². The Hall–Kier alpha value is -0.430. The first-order valence-corrected chi connectivity index (χ1v) is 9.66. The number of aliphatic hydroxyl groups excluding tert-OH is 1. The Labute approximate surface area is 128 Å². The second-order valence-corrected chi connectivity index (χ2v) is 8.46. The van der Waals surface area contributed by atoms with E-state index in [-0.39, 0.29) is 18.4 Å². The zero-order valence-corrected chi connectivity index (χ0v) is 14.1. The van der Waals surface area contributed by atoms with Crippen molar-refractivity contribution in [2.75, 3.05) is 31.8 Å². The number of hydrogen-bond donors (Lipinski definition) is 2. The van der Waals surface area contributed by atoms with E-state index < -0.39 is 15.9 Å². The minimum Gasteiger partial charge on any atom is -0.389 e. The number of aliphatic hydroxyl groups is 1. The van der Waals surface area contributed by atoms with Crippen LogP contribution >= 0.6 is 0 Å². The van der Waals surface area contributed by atoms with Crippen LogP contribution < -0.4 is 5.32 Å². The Morgan fingerprint density at radius 3 is 2.67 bits per heavy atom. The summed E-state index contributed by atoms with van der Waals surface area (Å²) in [6.07, 6.45) is 7.15. The monoisotopic (exact) mass is 319 g/mol. The van der Waals surface area contributed by atoms with Gasteiger partial charge in [-0.2, -0.15) is 0 Å². The maximum absolute atomic E-state index is 11.1. The van der Waals surface area contributed by atoms with E-state index in [0.717, 1.165) is 12.8 Å². The largest absolute Gasteiger partial charge is 0.389 e. The molecular weight excluding hydrogens is 290 g/mol. The van der Waals surface area contributed by atoms with Gasteiger partial charge in [0, 0.05) is 18.8 Å². The van der Waals surface area contributed by atoms with Gasteiger partial charge in [-0.1, -0.05) is 19.1 Å². The number of allylic oxidation sites excluding steroid dienone is 2. The summed E-state index contributed by atoms with van der Waals surface area (Å²) in [7, 11) is -2.99. The second-order valence-electron chi connectivity index (χ2n) is 6.27. The van der Waals surface area contributed by atoms with Crippen LogP contribution in [0.25, 0.3) is 0 Å². The first-order chi connectivity index (χ1) is 9.78. The van der Waals surface area contributed by atoms with Crippen LogP contribution in [0.15, 0.2) is 12.2 Å². The predicted octanol–water partition coefficient (Wildman–Crippen LogP) is 0.989. The fraction of sp³-hybridized carbons (Fsp3) is 0.867. The van der Waals surface area contributed by atoms with Crippen LogP contribution in [0.4, 0.5) is 0 Å². The molecular formula is C15H29NO4S. The average Bonchev–Trinajstić information content (AvgIpc) is 2.37. The van der Waals surface area contributed by atoms with Crippen LogP contribution in [-0.2, 0) is 14.6 Å². The molecule has 0 aromatic carbocycles. The summed E-state index contributed by atoms with van der Waals surface area (Å²) >= 11 is 0. The van der Waals surface area contributed by atoms with Gasteiger partial charge < -0.3 is 15.2 Å². The number of rotatable bonds is 9. The minimum atomic E-state index is -2.99. The van der Waals surface area contributed by atoms with E-state index in [0.29, 0.717) is 25.0 Å². The van der Waals surface area contributed by atoms with Crippen molar-refractivity contribution in [3.63, 3.8) is 0 Å². The smallest absolute Gasteiger partial charge is 0.148 e. The minimum absolute atomic E-state index is 0.0759. The highest BCUT2D eigenvalue weighted by molar-refractivity contribution is 7.90. The van der Waals surface area contributed by atoms with Crippen LogP contribution in [0.5, 0.6) is 0 Å². The lowest BCUT2D eigenvalue weighted by atomic mass is 9.85. The van der Waals surface area contributed by atoms with Crippen molar-refractivity contribution in [1.29, 1.82) is 0 Å². The van der Waals surface area contributed by atoms with E-state index >= 15 is 0 Å². The fourth-order valence-corrected chi connectivity index (χ4v) is 3.53. The zero-order chi connectivity index (χ0) is 15.9. The summed E-state index contributed by atoms with van der Waals surface area (Å²) in [6, 6.07) is -0.168. The van der Waals surface area contributed by atoms with Crippen LogP contribution in [0, 0.1) is 11.8 Å². The Balaban J connectivity index is 2.13. The first kappa shape index (κ1) is 18.6. The number of hydrogen-bond acceptors (Lipinski definition) is 5. The maximum atomic E-state index is 11.1. The van der Waals surface area contributed by atoms with Gasteiger partial charge in [0.05, 0.1) is 25.1 Å². The van der Waals surface area contributed by atoms with E-state index in [4.69, 9.17) is 4.74 Å². The molecule has 1 aliphatic carbocycles. The molecule has 0 fully saturated rings. The molecule has 0 saturated heterocycles. The van der Waals surface area contributed by atoms with Gasteiger partial charge in [-0.05, 0) is 31.6 Å². The van der Waals surface area contributed by atoms with E-state index in [1.165, 1.54) is 6.26 Å². The van der Waals surface area contributed by atoms with Crippen molar-refractivity contribution in [2.24, 2.45) is 11.8 Å². The third-order valence-corrected chi connectivity index (χ3v) is 4.92. The summed E-state index contributed by atoms with van der Waals surface area (Å²) in [6.45, 7) is 5.32. The van der Waals surface area contributed by atoms with Gasteiger partial charge in [0.1, 0.15) is 9.84 Å². The van der Waals surface area contributed by atoms with Crippen molar-refractivity contribution in [3.05, 3.63) is 12.2 Å². The molecule has 0 aromatic rings. The van der Waals surface area contributed by atoms with Crippen LogP contribution in [0.2, 0.25) is 0 Å². The molecule has 0 aromatic heterocycles. The molecule has 0 saturated carbocycles. The molecule has 4 atom stereocenters. The molecule has 0 heterocycles. The molecule has 0 spiro atoms. The van der Waals surface area contributed by atoms with Crippen LogP contribution in [0.3, 0.4) is 0 Å². The van der Waals surface area contributed by atoms with E-state index in [1.54, 1.807) is 6.92 Å². The summed E-state index contributed by atoms with van der Waals surface area (Å²) < 4.78 is 27.9. The van der Waals surface area contributed by atoms with Crippen LogP contribution in [-0.4, -0.2) is 57.4 Å². The number of sulfone groups is 1. The third-order valence-electron chi connectivity index (χ3n) is 3.81. The SMILES string of the molecule is CC(CS(C)(=O)=O)NCC(O)COCC1CC=CCC1C. The molecule has 0 bridgehead atoms. The molecule has 0 aliphatic heterocycles. The summed E-state index contributed by atoms with van der Waals surface area (Å²) in [5, 5.41) is 12.9. The molecule has 6 heteroatoms. The van der Waals surface area contributed by atoms with Gasteiger partial charge >= 0.3 is 0 Å². The molecule has 5 nitrogen and oxygen atoms in total. The van der Waals surface area contributed by atoms with Crippen molar-refractivity contribution in [2.45, 2.75) is 38.8 Å².